The molecule has 0 aliphatic rings. The summed E-state index contributed by atoms with van der Waals surface area (Å²) < 4.78 is 1.66. The summed E-state index contributed by atoms with van der Waals surface area (Å²) in [4.78, 5) is 4.18. The number of fused-ring (bicyclic) bond motifs is 1. The molecule has 0 saturated heterocycles. The van der Waals surface area contributed by atoms with Crippen molar-refractivity contribution in [1.29, 1.82) is 0 Å². The number of hydrogen-bond donors (Lipinski definition) is 0. The molecule has 0 fully saturated rings. The first-order valence-electron chi connectivity index (χ1n) is 3.24. The van der Waals surface area contributed by atoms with Gasteiger partial charge in [-0.2, -0.15) is 0 Å². The van der Waals surface area contributed by atoms with E-state index in [-0.39, 0.29) is 47.0 Å². The van der Waals surface area contributed by atoms with E-state index in [1.807, 2.05) is 12.3 Å². The molecule has 2 radical (unpaired) electrons. The molecule has 0 saturated carbocycles. The van der Waals surface area contributed by atoms with Gasteiger partial charge in [0.15, 0.2) is 0 Å². The zero-order valence-electron chi connectivity index (χ0n) is 6.81. The van der Waals surface area contributed by atoms with Gasteiger partial charge in [0.2, 0.25) is 0 Å². The molecule has 0 unspecified atom stereocenters. The fourth-order valence-electron chi connectivity index (χ4n) is 0.882. The van der Waals surface area contributed by atoms with Crippen molar-refractivity contribution < 1.29 is 47.0 Å². The van der Waals surface area contributed by atoms with E-state index in [0.717, 1.165) is 11.3 Å². The molecule has 2 aromatic rings. The Kier molecular flexibility index (Phi) is 5.49. The van der Waals surface area contributed by atoms with Crippen molar-refractivity contribution in [3.8, 4) is 0 Å². The van der Waals surface area contributed by atoms with Crippen molar-refractivity contribution in [1.82, 2.24) is 14.6 Å². The summed E-state index contributed by atoms with van der Waals surface area (Å²) in [5.74, 6) is 0. The molecule has 13 heavy (non-hydrogen) atoms. The number of nitrogens with zero attached hydrogens (tertiary/aromatic N) is 3. The third-order valence-electron chi connectivity index (χ3n) is 1.42. The molecule has 0 amide bonds. The maximum Gasteiger partial charge on any atom is 0.0629 e. The molecule has 0 aliphatic carbocycles. The Bertz CT molecular complexity index is 399. The first-order valence-corrected chi connectivity index (χ1v) is 3.24. The van der Waals surface area contributed by atoms with E-state index in [2.05, 4.69) is 22.7 Å². The van der Waals surface area contributed by atoms with Crippen molar-refractivity contribution in [2.75, 3.05) is 0 Å². The Labute approximate surface area is 109 Å². The van der Waals surface area contributed by atoms with Gasteiger partial charge >= 0.3 is 0 Å². The van der Waals surface area contributed by atoms with Gasteiger partial charge in [-0.3, -0.25) is 9.50 Å². The summed E-state index contributed by atoms with van der Waals surface area (Å²) >= 11 is 0. The third kappa shape index (κ3) is 2.65. The number of aromatic nitrogens is 3. The van der Waals surface area contributed by atoms with Crippen LogP contribution in [0.25, 0.3) is 11.7 Å². The Morgan fingerprint density at radius 1 is 1.54 bits per heavy atom. The summed E-state index contributed by atoms with van der Waals surface area (Å²) in [7, 11) is 0. The van der Waals surface area contributed by atoms with Crippen LogP contribution in [0.15, 0.2) is 25.0 Å². The molecule has 5 heteroatoms. The molecule has 0 N–H and O–H groups in total. The van der Waals surface area contributed by atoms with Gasteiger partial charge in [-0.1, -0.05) is 6.58 Å². The van der Waals surface area contributed by atoms with Gasteiger partial charge < -0.3 is 6.07 Å². The molecule has 2 aromatic heterocycles. The van der Waals surface area contributed by atoms with Gasteiger partial charge in [-0.15, -0.1) is 6.20 Å². The summed E-state index contributed by atoms with van der Waals surface area (Å²) in [6.07, 6.45) is 5.12. The van der Waals surface area contributed by atoms with E-state index < -0.39 is 0 Å². The average Bonchev–Trinajstić information content (AvgIpc) is 2.50. The van der Waals surface area contributed by atoms with E-state index in [9.17, 15) is 0 Å². The van der Waals surface area contributed by atoms with Gasteiger partial charge in [0.1, 0.15) is 0 Å². The van der Waals surface area contributed by atoms with Crippen LogP contribution in [0.4, 0.5) is 0 Å². The molecule has 0 bridgehead atoms. The van der Waals surface area contributed by atoms with Gasteiger partial charge in [0, 0.05) is 53.2 Å². The van der Waals surface area contributed by atoms with Gasteiger partial charge in [-0.25, -0.2) is 5.10 Å². The SMILES string of the molecule is C=Cc1ccn2nc[c-]c2n1.[Am].[Y]. The maximum absolute atomic E-state index is 4.18. The zero-order valence-corrected chi connectivity index (χ0v) is 12.8. The molecular weight excluding hydrogens is 470 g/mol. The minimum Gasteiger partial charge on any atom is -0.404 e. The molecule has 0 aromatic carbocycles. The topological polar surface area (TPSA) is 30.2 Å². The molecule has 64 valence electrons. The third-order valence-corrected chi connectivity index (χ3v) is 1.42. The van der Waals surface area contributed by atoms with E-state index in [0.29, 0.717) is 0 Å². The molecule has 0 atom stereocenters. The Morgan fingerprint density at radius 3 is 3.00 bits per heavy atom. The Hall–Kier alpha value is -0.146. The van der Waals surface area contributed by atoms with Crippen LogP contribution in [0, 0.1) is 20.3 Å². The van der Waals surface area contributed by atoms with Gasteiger partial charge in [0.05, 0.1) is 5.69 Å². The molecule has 0 spiro atoms. The van der Waals surface area contributed by atoms with Crippen molar-refractivity contribution in [3.63, 3.8) is 0 Å². The Balaban J connectivity index is 0.000000720. The normalized spacial score (nSPS) is 8.62. The molecule has 0 aliphatic heterocycles. The average molecular weight is 476 g/mol. The molecule has 2 rings (SSSR count). The number of rotatable bonds is 1. The standard InChI is InChI=1S/C8H6N3.Am.Y/c1-2-7-4-6-11-8(10-7)3-5-9-11;;/h2,4-6H,1H2;;/q-1;;. The van der Waals surface area contributed by atoms with Gasteiger partial charge in [-0.05, 0) is 17.8 Å². The van der Waals surface area contributed by atoms with Crippen molar-refractivity contribution >= 4 is 11.7 Å². The quantitative estimate of drug-likeness (QED) is 0.580. The monoisotopic (exact) mass is 474 g/mol. The summed E-state index contributed by atoms with van der Waals surface area (Å²) in [5, 5.41) is 3.96. The minimum atomic E-state index is 0. The second kappa shape index (κ2) is 5.56. The van der Waals surface area contributed by atoms with E-state index in [4.69, 9.17) is 0 Å². The van der Waals surface area contributed by atoms with Crippen molar-refractivity contribution in [3.05, 3.63) is 36.8 Å². The van der Waals surface area contributed by atoms with Crippen molar-refractivity contribution in [2.24, 2.45) is 0 Å². The van der Waals surface area contributed by atoms with E-state index in [1.54, 1.807) is 16.8 Å². The van der Waals surface area contributed by atoms with E-state index >= 15 is 0 Å². The van der Waals surface area contributed by atoms with Crippen molar-refractivity contribution in [2.45, 2.75) is 0 Å². The van der Waals surface area contributed by atoms with Crippen LogP contribution in [0.1, 0.15) is 5.69 Å². The summed E-state index contributed by atoms with van der Waals surface area (Å²) in [6, 6.07) is 4.74. The van der Waals surface area contributed by atoms with Crippen LogP contribution in [0.2, 0.25) is 0 Å². The maximum atomic E-state index is 4.18. The largest absolute Gasteiger partial charge is 0.404 e. The first-order chi connectivity index (χ1) is 5.40. The Morgan fingerprint density at radius 2 is 2.31 bits per heavy atom. The molecular formula is C8H6AmN3Y-. The fourth-order valence-corrected chi connectivity index (χ4v) is 0.882. The first kappa shape index (κ1) is 12.9. The fraction of sp³-hybridized carbons (Fsp3) is 0. The smallest absolute Gasteiger partial charge is 0.0629 e. The van der Waals surface area contributed by atoms with Gasteiger partial charge in [0.25, 0.3) is 0 Å². The predicted octanol–water partition coefficient (Wildman–Crippen LogP) is 1.17. The summed E-state index contributed by atoms with van der Waals surface area (Å²) in [6.45, 7) is 3.62. The van der Waals surface area contributed by atoms with Crippen LogP contribution in [0.3, 0.4) is 0 Å². The minimum absolute atomic E-state index is 0. The second-order valence-corrected chi connectivity index (χ2v) is 2.11. The summed E-state index contributed by atoms with van der Waals surface area (Å²) in [5.41, 5.74) is 1.57. The molecule has 3 nitrogen and oxygen atoms in total. The number of hydrogen-bond acceptors (Lipinski definition) is 2. The van der Waals surface area contributed by atoms with Crippen LogP contribution < -0.4 is 0 Å². The van der Waals surface area contributed by atoms with Crippen LogP contribution in [0.5, 0.6) is 0 Å². The zero-order chi connectivity index (χ0) is 7.68. The predicted molar refractivity (Wildman–Crippen MR) is 41.9 cm³/mol. The molecule has 2 heterocycles. The van der Waals surface area contributed by atoms with E-state index in [1.165, 1.54) is 0 Å². The van der Waals surface area contributed by atoms with Crippen LogP contribution in [-0.2, 0) is 32.7 Å². The second-order valence-electron chi connectivity index (χ2n) is 2.11. The van der Waals surface area contributed by atoms with Crippen LogP contribution >= 0.6 is 0 Å². The van der Waals surface area contributed by atoms with Crippen LogP contribution in [-0.4, -0.2) is 14.6 Å².